The number of benzene rings is 1. The third-order valence-electron chi connectivity index (χ3n) is 8.35. The van der Waals surface area contributed by atoms with Gasteiger partial charge in [0.15, 0.2) is 11.6 Å². The Kier molecular flexibility index (Phi) is 9.71. The van der Waals surface area contributed by atoms with Gasteiger partial charge in [0.05, 0.1) is 0 Å². The van der Waals surface area contributed by atoms with Crippen molar-refractivity contribution in [2.45, 2.75) is 89.5 Å². The normalized spacial score (nSPS) is 26.9. The molecular weight excluding hydrogens is 426 g/mol. The van der Waals surface area contributed by atoms with E-state index in [9.17, 15) is 8.78 Å². The molecule has 2 aliphatic carbocycles. The minimum Gasteiger partial charge on any atom is -0.377 e. The molecule has 1 aromatic rings. The molecule has 0 unspecified atom stereocenters. The molecule has 0 bridgehead atoms. The Morgan fingerprint density at radius 2 is 1.34 bits per heavy atom. The van der Waals surface area contributed by atoms with Gasteiger partial charge in [-0.1, -0.05) is 37.8 Å². The fraction of sp³-hybridized carbons (Fsp3) is 0.769. The average molecular weight is 469 g/mol. The largest absolute Gasteiger partial charge is 0.500 e. The van der Waals surface area contributed by atoms with Gasteiger partial charge in [-0.05, 0) is 86.7 Å². The van der Waals surface area contributed by atoms with Gasteiger partial charge in [-0.25, -0.2) is 8.78 Å². The molecule has 182 valence electrons. The van der Waals surface area contributed by atoms with Crippen LogP contribution in [-0.4, -0.2) is 30.1 Å². The van der Waals surface area contributed by atoms with Crippen molar-refractivity contribution in [3.05, 3.63) is 34.9 Å². The lowest BCUT2D eigenvalue weighted by Gasteiger charge is -2.38. The lowest BCUT2D eigenvalue weighted by Crippen LogP contribution is -2.42. The lowest BCUT2D eigenvalue weighted by atomic mass is 9.68. The van der Waals surface area contributed by atoms with Crippen LogP contribution in [0.2, 0.25) is 6.04 Å². The van der Waals surface area contributed by atoms with Crippen LogP contribution in [0, 0.1) is 36.3 Å². The minimum absolute atomic E-state index is 0.180. The molecule has 3 rings (SSSR count). The molecule has 0 saturated heterocycles. The van der Waals surface area contributed by atoms with Gasteiger partial charge in [0.2, 0.25) is 0 Å². The number of unbranched alkanes of at least 4 members (excludes halogenated alkanes) is 1. The van der Waals surface area contributed by atoms with Gasteiger partial charge in [-0.3, -0.25) is 0 Å². The van der Waals surface area contributed by atoms with Crippen molar-refractivity contribution in [3.8, 4) is 0 Å². The van der Waals surface area contributed by atoms with Gasteiger partial charge in [0.25, 0.3) is 0 Å². The van der Waals surface area contributed by atoms with E-state index in [1.165, 1.54) is 38.5 Å². The zero-order valence-corrected chi connectivity index (χ0v) is 21.4. The maximum absolute atomic E-state index is 14.4. The Bertz CT molecular complexity index is 701. The van der Waals surface area contributed by atoms with Crippen LogP contribution in [-0.2, 0) is 13.3 Å². The highest BCUT2D eigenvalue weighted by Crippen LogP contribution is 2.45. The van der Waals surface area contributed by atoms with Gasteiger partial charge in [-0.2, -0.15) is 0 Å². The molecule has 32 heavy (non-hydrogen) atoms. The van der Waals surface area contributed by atoms with Crippen LogP contribution in [0.4, 0.5) is 8.78 Å². The lowest BCUT2D eigenvalue weighted by molar-refractivity contribution is 0.122. The Labute approximate surface area is 194 Å². The monoisotopic (exact) mass is 468 g/mol. The minimum atomic E-state index is -2.42. The predicted octanol–water partition coefficient (Wildman–Crippen LogP) is 7.40. The smallest absolute Gasteiger partial charge is 0.377 e. The fourth-order valence-electron chi connectivity index (χ4n) is 6.16. The summed E-state index contributed by atoms with van der Waals surface area (Å²) in [5, 5.41) is 0. The van der Waals surface area contributed by atoms with Crippen LogP contribution >= 0.6 is 0 Å². The average Bonchev–Trinajstić information content (AvgIpc) is 2.84. The Hall–Kier alpha value is -0.823. The summed E-state index contributed by atoms with van der Waals surface area (Å²) in [6.45, 7) is 1.63. The van der Waals surface area contributed by atoms with Crippen LogP contribution in [0.15, 0.2) is 12.1 Å². The first kappa shape index (κ1) is 25.8. The van der Waals surface area contributed by atoms with E-state index in [0.29, 0.717) is 11.1 Å². The molecule has 0 spiro atoms. The van der Waals surface area contributed by atoms with E-state index in [2.05, 4.69) is 0 Å². The first-order valence-corrected chi connectivity index (χ1v) is 14.5. The first-order chi connectivity index (χ1) is 15.4. The Balaban J connectivity index is 1.37. The van der Waals surface area contributed by atoms with E-state index in [-0.39, 0.29) is 5.92 Å². The molecule has 0 N–H and O–H groups in total. The molecule has 1 aromatic carbocycles. The molecule has 2 saturated carbocycles. The maximum Gasteiger partial charge on any atom is 0.500 e. The molecule has 0 heterocycles. The summed E-state index contributed by atoms with van der Waals surface area (Å²) in [5.41, 5.74) is 0.993. The van der Waals surface area contributed by atoms with Crippen LogP contribution < -0.4 is 0 Å². The van der Waals surface area contributed by atoms with Crippen molar-refractivity contribution < 1.29 is 22.1 Å². The molecule has 6 heteroatoms. The standard InChI is InChI=1S/C26H42F2O3Si/c1-19-8-17-24(26(28)25(19)27)23-15-13-22(14-16-23)21-11-9-20(10-12-21)7-5-6-18-32(29-2,30-3)31-4/h8,17,20-23H,5-7,9-16,18H2,1-4H3. The fourth-order valence-corrected chi connectivity index (χ4v) is 7.95. The SMILES string of the molecule is CO[Si](CCCCC1CCC(C2CCC(c3ccc(C)c(F)c3F)CC2)CC1)(OC)OC. The van der Waals surface area contributed by atoms with Crippen molar-refractivity contribution in [2.75, 3.05) is 21.3 Å². The second-order valence-corrected chi connectivity index (χ2v) is 13.1. The zero-order chi connectivity index (χ0) is 23.1. The summed E-state index contributed by atoms with van der Waals surface area (Å²) in [6.07, 6.45) is 13.3. The summed E-state index contributed by atoms with van der Waals surface area (Å²) in [7, 11) is 2.63. The van der Waals surface area contributed by atoms with Crippen LogP contribution in [0.25, 0.3) is 0 Å². The number of halogens is 2. The predicted molar refractivity (Wildman–Crippen MR) is 127 cm³/mol. The summed E-state index contributed by atoms with van der Waals surface area (Å²) >= 11 is 0. The number of hydrogen-bond donors (Lipinski definition) is 0. The second-order valence-electron chi connectivity index (χ2n) is 10.0. The van der Waals surface area contributed by atoms with Gasteiger partial charge in [0, 0.05) is 27.4 Å². The Morgan fingerprint density at radius 3 is 1.91 bits per heavy atom. The van der Waals surface area contributed by atoms with Crippen LogP contribution in [0.3, 0.4) is 0 Å². The van der Waals surface area contributed by atoms with Gasteiger partial charge in [-0.15, -0.1) is 0 Å². The van der Waals surface area contributed by atoms with Gasteiger partial charge >= 0.3 is 8.80 Å². The molecule has 2 aliphatic rings. The summed E-state index contributed by atoms with van der Waals surface area (Å²) in [6, 6.07) is 4.42. The third kappa shape index (κ3) is 6.19. The highest BCUT2D eigenvalue weighted by atomic mass is 28.4. The molecular formula is C26H42F2O3Si. The van der Waals surface area contributed by atoms with E-state index in [1.54, 1.807) is 34.3 Å². The molecule has 2 fully saturated rings. The molecule has 0 aliphatic heterocycles. The van der Waals surface area contributed by atoms with Crippen LogP contribution in [0.5, 0.6) is 0 Å². The van der Waals surface area contributed by atoms with Gasteiger partial charge < -0.3 is 13.3 Å². The van der Waals surface area contributed by atoms with E-state index in [1.807, 2.05) is 6.07 Å². The Morgan fingerprint density at radius 1 is 0.781 bits per heavy atom. The molecule has 0 radical (unpaired) electrons. The zero-order valence-electron chi connectivity index (χ0n) is 20.4. The molecule has 3 nitrogen and oxygen atoms in total. The van der Waals surface area contributed by atoms with Crippen LogP contribution in [0.1, 0.15) is 87.7 Å². The molecule has 0 amide bonds. The summed E-state index contributed by atoms with van der Waals surface area (Å²) < 4.78 is 44.9. The molecule has 0 atom stereocenters. The van der Waals surface area contributed by atoms with E-state index in [0.717, 1.165) is 55.9 Å². The van der Waals surface area contributed by atoms with Gasteiger partial charge in [0.1, 0.15) is 0 Å². The van der Waals surface area contributed by atoms with E-state index >= 15 is 0 Å². The summed E-state index contributed by atoms with van der Waals surface area (Å²) in [4.78, 5) is 0. The van der Waals surface area contributed by atoms with Crippen molar-refractivity contribution in [1.29, 1.82) is 0 Å². The topological polar surface area (TPSA) is 27.7 Å². The highest BCUT2D eigenvalue weighted by molar-refractivity contribution is 6.60. The highest BCUT2D eigenvalue weighted by Gasteiger charge is 2.37. The first-order valence-electron chi connectivity index (χ1n) is 12.5. The number of aryl methyl sites for hydroxylation is 1. The second kappa shape index (κ2) is 12.0. The van der Waals surface area contributed by atoms with E-state index < -0.39 is 20.4 Å². The maximum atomic E-state index is 14.4. The van der Waals surface area contributed by atoms with Crippen molar-refractivity contribution in [1.82, 2.24) is 0 Å². The summed E-state index contributed by atoms with van der Waals surface area (Å²) in [5.74, 6) is 1.33. The third-order valence-corrected chi connectivity index (χ3v) is 11.2. The number of hydrogen-bond acceptors (Lipinski definition) is 3. The van der Waals surface area contributed by atoms with Crippen molar-refractivity contribution in [3.63, 3.8) is 0 Å². The van der Waals surface area contributed by atoms with Crippen molar-refractivity contribution >= 4 is 8.80 Å². The number of rotatable bonds is 10. The van der Waals surface area contributed by atoms with Crippen molar-refractivity contribution in [2.24, 2.45) is 17.8 Å². The quantitative estimate of drug-likeness (QED) is 0.264. The van der Waals surface area contributed by atoms with E-state index in [4.69, 9.17) is 13.3 Å². The molecule has 0 aromatic heterocycles.